The number of nitrogens with zero attached hydrogens (tertiary/aromatic N) is 3. The second-order valence-corrected chi connectivity index (χ2v) is 17.2. The molecule has 2 aromatic rings. The van der Waals surface area contributed by atoms with Crippen LogP contribution in [0.25, 0.3) is 4.85 Å². The Bertz CT molecular complexity index is 1110. The molecule has 0 spiro atoms. The number of hydrogen-bond donors (Lipinski definition) is 0. The van der Waals surface area contributed by atoms with Crippen LogP contribution in [0, 0.1) is 18.4 Å². The molecule has 176 valence electrons. The molecule has 33 heavy (non-hydrogen) atoms. The number of fused-ring (bicyclic) bond motifs is 7. The fourth-order valence-corrected chi connectivity index (χ4v) is 7.68. The fraction of sp³-hybridized carbons (Fsp3) is 0.643. The van der Waals surface area contributed by atoms with Gasteiger partial charge in [0.2, 0.25) is 14.9 Å². The van der Waals surface area contributed by atoms with Crippen LogP contribution in [0.1, 0.15) is 75.3 Å². The second-order valence-electron chi connectivity index (χ2n) is 12.4. The highest BCUT2D eigenvalue weighted by atomic mass is 28.4. The minimum absolute atomic E-state index is 0.197. The van der Waals surface area contributed by atoms with Gasteiger partial charge < -0.3 is 9.27 Å². The van der Waals surface area contributed by atoms with Gasteiger partial charge >= 0.3 is 0 Å². The zero-order valence-electron chi connectivity index (χ0n) is 21.2. The first-order valence-corrected chi connectivity index (χ1v) is 15.7. The summed E-state index contributed by atoms with van der Waals surface area (Å²) in [6, 6.07) is 7.02. The van der Waals surface area contributed by atoms with E-state index >= 15 is 0 Å². The Kier molecular flexibility index (Phi) is 5.32. The lowest BCUT2D eigenvalue weighted by Crippen LogP contribution is -2.44. The van der Waals surface area contributed by atoms with Gasteiger partial charge in [0.1, 0.15) is 12.3 Å². The van der Waals surface area contributed by atoms with Crippen LogP contribution in [0.15, 0.2) is 24.4 Å². The minimum atomic E-state index is -1.82. The molecule has 1 heterocycles. The molecular formula is C28H39N3OSi. The normalized spacial score (nSPS) is 28.3. The van der Waals surface area contributed by atoms with Gasteiger partial charge in [0.15, 0.2) is 0 Å². The summed E-state index contributed by atoms with van der Waals surface area (Å²) >= 11 is 0. The number of aryl methyl sites for hydroxylation is 1. The molecule has 5 rings (SSSR count). The molecule has 0 saturated heterocycles. The maximum atomic E-state index is 7.08. The quantitative estimate of drug-likeness (QED) is 0.372. The molecule has 3 aliphatic carbocycles. The highest BCUT2D eigenvalue weighted by molar-refractivity contribution is 6.74. The number of hydrogen-bond acceptors (Lipinski definition) is 2. The van der Waals surface area contributed by atoms with E-state index in [-0.39, 0.29) is 10.5 Å². The van der Waals surface area contributed by atoms with Crippen molar-refractivity contribution in [2.45, 2.75) is 95.8 Å². The van der Waals surface area contributed by atoms with Gasteiger partial charge in [-0.15, -0.1) is 0 Å². The summed E-state index contributed by atoms with van der Waals surface area (Å²) in [5.74, 6) is 3.19. The van der Waals surface area contributed by atoms with E-state index in [9.17, 15) is 0 Å². The smallest absolute Gasteiger partial charge is 0.250 e. The van der Waals surface area contributed by atoms with E-state index in [0.717, 1.165) is 24.6 Å². The SMILES string of the molecule is [C-]#[N+]CCn1cc2c(n1)[C@@]1(C)CCC3c4ccc(O[Si](C)(C)C(C)(C)C)cc4CCC3C1C2. The van der Waals surface area contributed by atoms with Gasteiger partial charge in [0.25, 0.3) is 0 Å². The third kappa shape index (κ3) is 3.66. The molecule has 0 N–H and O–H groups in total. The summed E-state index contributed by atoms with van der Waals surface area (Å²) in [7, 11) is -1.82. The lowest BCUT2D eigenvalue weighted by molar-refractivity contribution is 0.102. The Labute approximate surface area is 200 Å². The first-order valence-electron chi connectivity index (χ1n) is 12.8. The molecule has 1 aromatic carbocycles. The van der Waals surface area contributed by atoms with E-state index in [4.69, 9.17) is 16.1 Å². The summed E-state index contributed by atoms with van der Waals surface area (Å²) in [4.78, 5) is 3.51. The van der Waals surface area contributed by atoms with Crippen molar-refractivity contribution >= 4 is 8.32 Å². The first kappa shape index (κ1) is 22.7. The molecule has 3 aliphatic rings. The van der Waals surface area contributed by atoms with Crippen LogP contribution in [-0.4, -0.2) is 24.6 Å². The molecule has 1 saturated carbocycles. The molecule has 1 fully saturated rings. The Morgan fingerprint density at radius 2 is 2.03 bits per heavy atom. The summed E-state index contributed by atoms with van der Waals surface area (Å²) in [6.45, 7) is 22.4. The largest absolute Gasteiger partial charge is 0.543 e. The van der Waals surface area contributed by atoms with Crippen molar-refractivity contribution in [3.8, 4) is 5.75 Å². The van der Waals surface area contributed by atoms with Gasteiger partial charge in [-0.05, 0) is 96.8 Å². The van der Waals surface area contributed by atoms with E-state index < -0.39 is 8.32 Å². The summed E-state index contributed by atoms with van der Waals surface area (Å²) < 4.78 is 8.66. The van der Waals surface area contributed by atoms with Crippen molar-refractivity contribution in [1.29, 1.82) is 0 Å². The van der Waals surface area contributed by atoms with Gasteiger partial charge in [-0.2, -0.15) is 5.10 Å². The molecule has 1 aromatic heterocycles. The molecule has 0 amide bonds. The maximum absolute atomic E-state index is 7.08. The summed E-state index contributed by atoms with van der Waals surface area (Å²) in [5.41, 5.74) is 6.08. The number of rotatable bonds is 4. The fourth-order valence-electron chi connectivity index (χ4n) is 6.66. The second kappa shape index (κ2) is 7.73. The van der Waals surface area contributed by atoms with Crippen molar-refractivity contribution in [1.82, 2.24) is 9.78 Å². The van der Waals surface area contributed by atoms with E-state index in [1.54, 1.807) is 5.56 Å². The van der Waals surface area contributed by atoms with Crippen LogP contribution < -0.4 is 4.43 Å². The van der Waals surface area contributed by atoms with Crippen LogP contribution in [0.3, 0.4) is 0 Å². The van der Waals surface area contributed by atoms with Gasteiger partial charge in [-0.25, -0.2) is 6.57 Å². The standard InChI is InChI=1S/C28H39N3OSi/c1-27(2,3)33(6,7)32-21-9-11-22-19(16-21)8-10-24-23(22)12-13-28(4)25(24)17-20-18-31(15-14-29-5)30-26(20)28/h9,11,16,18,23-25H,8,10,12-15,17H2,1-4,6-7H3/t23?,24?,25?,28-/m0/s1. The van der Waals surface area contributed by atoms with Gasteiger partial charge in [-0.1, -0.05) is 33.8 Å². The highest BCUT2D eigenvalue weighted by Gasteiger charge is 2.54. The first-order chi connectivity index (χ1) is 15.5. The Morgan fingerprint density at radius 3 is 2.76 bits per heavy atom. The van der Waals surface area contributed by atoms with Crippen molar-refractivity contribution in [2.75, 3.05) is 6.54 Å². The summed E-state index contributed by atoms with van der Waals surface area (Å²) in [6.07, 6.45) is 8.31. The zero-order valence-corrected chi connectivity index (χ0v) is 22.2. The monoisotopic (exact) mass is 461 g/mol. The topological polar surface area (TPSA) is 31.4 Å². The van der Waals surface area contributed by atoms with Crippen LogP contribution >= 0.6 is 0 Å². The predicted molar refractivity (Wildman–Crippen MR) is 136 cm³/mol. The van der Waals surface area contributed by atoms with E-state index in [1.807, 2.05) is 4.68 Å². The van der Waals surface area contributed by atoms with Crippen LogP contribution in [0.2, 0.25) is 18.1 Å². The molecule has 4 nitrogen and oxygen atoms in total. The van der Waals surface area contributed by atoms with Crippen molar-refractivity contribution in [3.05, 3.63) is 58.2 Å². The van der Waals surface area contributed by atoms with Crippen LogP contribution in [0.5, 0.6) is 5.75 Å². The summed E-state index contributed by atoms with van der Waals surface area (Å²) in [5, 5.41) is 5.21. The predicted octanol–water partition coefficient (Wildman–Crippen LogP) is 6.76. The third-order valence-electron chi connectivity index (χ3n) is 9.53. The molecular weight excluding hydrogens is 422 g/mol. The van der Waals surface area contributed by atoms with Crippen molar-refractivity contribution < 1.29 is 4.43 Å². The average molecular weight is 462 g/mol. The van der Waals surface area contributed by atoms with Gasteiger partial charge in [-0.3, -0.25) is 4.68 Å². The van der Waals surface area contributed by atoms with Crippen LogP contribution in [0.4, 0.5) is 0 Å². The molecule has 3 unspecified atom stereocenters. The Balaban J connectivity index is 1.37. The minimum Gasteiger partial charge on any atom is -0.543 e. The highest BCUT2D eigenvalue weighted by Crippen LogP contribution is 2.59. The van der Waals surface area contributed by atoms with Gasteiger partial charge in [0, 0.05) is 11.6 Å². The molecule has 0 aliphatic heterocycles. The lowest BCUT2D eigenvalue weighted by Gasteiger charge is -2.49. The Morgan fingerprint density at radius 1 is 1.24 bits per heavy atom. The zero-order chi connectivity index (χ0) is 23.6. The van der Waals surface area contributed by atoms with E-state index in [2.05, 4.69) is 70.0 Å². The molecule has 5 heteroatoms. The van der Waals surface area contributed by atoms with Crippen molar-refractivity contribution in [3.63, 3.8) is 0 Å². The number of benzene rings is 1. The van der Waals surface area contributed by atoms with Crippen molar-refractivity contribution in [2.24, 2.45) is 11.8 Å². The Hall–Kier alpha value is -2.06. The molecule has 4 atom stereocenters. The van der Waals surface area contributed by atoms with E-state index in [1.165, 1.54) is 42.5 Å². The molecule has 0 bridgehead atoms. The third-order valence-corrected chi connectivity index (χ3v) is 13.9. The maximum Gasteiger partial charge on any atom is 0.250 e. The number of aromatic nitrogens is 2. The van der Waals surface area contributed by atoms with E-state index in [0.29, 0.717) is 18.4 Å². The van der Waals surface area contributed by atoms with Gasteiger partial charge in [0.05, 0.1) is 5.69 Å². The molecule has 0 radical (unpaired) electrons. The van der Waals surface area contributed by atoms with Crippen LogP contribution in [-0.2, 0) is 24.8 Å². The average Bonchev–Trinajstić information content (AvgIpc) is 3.27. The lowest BCUT2D eigenvalue weighted by atomic mass is 9.55.